The third-order valence-electron chi connectivity index (χ3n) is 16.2. The molecule has 19 atom stereocenters. The zero-order valence-electron chi connectivity index (χ0n) is 44.6. The molecule has 5 rings (SSSR count). The Hall–Kier alpha value is -3.21. The minimum atomic E-state index is -1.81. The maximum atomic E-state index is 14.7. The lowest BCUT2D eigenvalue weighted by Gasteiger charge is -2.51. The molecule has 0 amide bonds. The molecular formula is C52H86FN5O13. The Morgan fingerprint density at radius 1 is 1.00 bits per heavy atom. The number of aromatic carboxylic acids is 1. The van der Waals surface area contributed by atoms with E-state index in [4.69, 9.17) is 28.4 Å². The van der Waals surface area contributed by atoms with Gasteiger partial charge >= 0.3 is 11.9 Å². The van der Waals surface area contributed by atoms with Crippen molar-refractivity contribution in [3.8, 4) is 0 Å². The first-order chi connectivity index (χ1) is 33.2. The van der Waals surface area contributed by atoms with E-state index in [1.54, 1.807) is 46.0 Å². The number of likely N-dealkylation sites (N-methyl/N-ethyl adjacent to an activating group) is 2. The Balaban J connectivity index is 1.43. The third-order valence-corrected chi connectivity index (χ3v) is 16.2. The summed E-state index contributed by atoms with van der Waals surface area (Å²) in [6, 6.07) is 4.70. The van der Waals surface area contributed by atoms with E-state index in [0.29, 0.717) is 43.6 Å². The lowest BCUT2D eigenvalue weighted by Crippen LogP contribution is -2.61. The molecule has 4 heterocycles. The fourth-order valence-corrected chi connectivity index (χ4v) is 11.9. The molecule has 1 aromatic heterocycles. The van der Waals surface area contributed by atoms with Crippen molar-refractivity contribution in [3.05, 3.63) is 47.3 Å². The van der Waals surface area contributed by atoms with Crippen molar-refractivity contribution >= 4 is 11.9 Å². The predicted molar refractivity (Wildman–Crippen MR) is 262 cm³/mol. The van der Waals surface area contributed by atoms with Gasteiger partial charge in [-0.1, -0.05) is 45.0 Å². The summed E-state index contributed by atoms with van der Waals surface area (Å²) in [5.41, 5.74) is -3.00. The lowest BCUT2D eigenvalue weighted by molar-refractivity contribution is -0.275. The van der Waals surface area contributed by atoms with Crippen LogP contribution >= 0.6 is 0 Å². The van der Waals surface area contributed by atoms with Gasteiger partial charge in [0.1, 0.15) is 42.7 Å². The van der Waals surface area contributed by atoms with E-state index in [2.05, 4.69) is 15.2 Å². The molecule has 3 aliphatic heterocycles. The quantitative estimate of drug-likeness (QED) is 0.148. The number of aliphatic hydroxyl groups excluding tert-OH is 2. The number of aliphatic hydroxyl groups is 4. The van der Waals surface area contributed by atoms with Gasteiger partial charge in [0.15, 0.2) is 6.29 Å². The van der Waals surface area contributed by atoms with Gasteiger partial charge in [-0.3, -0.25) is 4.79 Å². The molecule has 0 bridgehead atoms. The van der Waals surface area contributed by atoms with Crippen molar-refractivity contribution in [3.63, 3.8) is 0 Å². The van der Waals surface area contributed by atoms with Gasteiger partial charge in [-0.05, 0) is 104 Å². The maximum absolute atomic E-state index is 14.7. The number of nitrogens with zero attached hydrogens (tertiary/aromatic N) is 5. The van der Waals surface area contributed by atoms with E-state index >= 15 is 0 Å². The van der Waals surface area contributed by atoms with Crippen molar-refractivity contribution < 1.29 is 67.9 Å². The van der Waals surface area contributed by atoms with Gasteiger partial charge in [-0.2, -0.15) is 0 Å². The molecule has 404 valence electrons. The van der Waals surface area contributed by atoms with Crippen LogP contribution in [0.25, 0.3) is 0 Å². The van der Waals surface area contributed by atoms with Crippen LogP contribution in [0.5, 0.6) is 0 Å². The number of hydrogen-bond acceptors (Lipinski definition) is 16. The van der Waals surface area contributed by atoms with E-state index in [1.807, 2.05) is 53.6 Å². The van der Waals surface area contributed by atoms with Crippen molar-refractivity contribution in [1.82, 2.24) is 24.8 Å². The lowest BCUT2D eigenvalue weighted by atomic mass is 9.68. The molecule has 0 radical (unpaired) electrons. The van der Waals surface area contributed by atoms with Crippen LogP contribution in [0.4, 0.5) is 4.39 Å². The number of benzene rings is 1. The highest BCUT2D eigenvalue weighted by molar-refractivity contribution is 5.87. The number of methoxy groups -OCH3 is 2. The summed E-state index contributed by atoms with van der Waals surface area (Å²) in [5.74, 6) is -3.98. The molecule has 0 aliphatic carbocycles. The summed E-state index contributed by atoms with van der Waals surface area (Å²) >= 11 is 0. The highest BCUT2D eigenvalue weighted by Crippen LogP contribution is 2.45. The Morgan fingerprint density at radius 3 is 2.25 bits per heavy atom. The highest BCUT2D eigenvalue weighted by atomic mass is 19.1. The fraction of sp³-hybridized carbons (Fsp3) is 0.808. The monoisotopic (exact) mass is 1010 g/mol. The first-order valence-corrected chi connectivity index (χ1v) is 25.5. The second kappa shape index (κ2) is 24.4. The molecule has 3 aliphatic rings. The van der Waals surface area contributed by atoms with Crippen LogP contribution < -0.4 is 0 Å². The summed E-state index contributed by atoms with van der Waals surface area (Å²) in [7, 11) is 6.88. The second-order valence-electron chi connectivity index (χ2n) is 21.9. The molecule has 1 unspecified atom stereocenters. The van der Waals surface area contributed by atoms with Gasteiger partial charge in [0.25, 0.3) is 0 Å². The van der Waals surface area contributed by atoms with Crippen molar-refractivity contribution in [2.24, 2.45) is 23.7 Å². The molecule has 3 fully saturated rings. The summed E-state index contributed by atoms with van der Waals surface area (Å²) in [6.45, 7) is 18.4. The van der Waals surface area contributed by atoms with E-state index in [-0.39, 0.29) is 42.9 Å². The van der Waals surface area contributed by atoms with E-state index in [9.17, 15) is 39.5 Å². The van der Waals surface area contributed by atoms with Crippen molar-refractivity contribution in [2.75, 3.05) is 48.1 Å². The molecule has 3 saturated heterocycles. The molecule has 1 aromatic carbocycles. The number of aromatic nitrogens is 3. The molecule has 71 heavy (non-hydrogen) atoms. The van der Waals surface area contributed by atoms with Crippen LogP contribution in [0.1, 0.15) is 135 Å². The SMILES string of the molecule is CC[C@H]1OC(=O)[C@H](C)C([C@H]2C[C@@](C)(OC)[C@@H](O)[C@H](C)O2)[C@H](C)[C@@H](O[C@H]2C[C@@H](N(C)CCc3cn([C@H](CF)[C@H](OC)c4ccc(C(=O)O)cc4)nn3)C[C@@H](C)O2)[C@](C)(O)C[C@@H](C)CN(C)[C@H](C)[C@@H](O)[C@]1(C)O. The van der Waals surface area contributed by atoms with Crippen LogP contribution in [0.2, 0.25) is 0 Å². The molecule has 0 saturated carbocycles. The number of halogens is 1. The van der Waals surface area contributed by atoms with Crippen LogP contribution in [-0.4, -0.2) is 188 Å². The number of esters is 1. The third kappa shape index (κ3) is 13.6. The maximum Gasteiger partial charge on any atom is 0.335 e. The van der Waals surface area contributed by atoms with Crippen LogP contribution in [0.15, 0.2) is 30.5 Å². The number of alkyl halides is 1. The zero-order chi connectivity index (χ0) is 52.9. The van der Waals surface area contributed by atoms with Gasteiger partial charge in [-0.15, -0.1) is 5.10 Å². The Morgan fingerprint density at radius 2 is 1.66 bits per heavy atom. The summed E-state index contributed by atoms with van der Waals surface area (Å²) in [6.07, 6.45) is -3.32. The topological polar surface area (TPSA) is 228 Å². The predicted octanol–water partition coefficient (Wildman–Crippen LogP) is 5.00. The average molecular weight is 1010 g/mol. The van der Waals surface area contributed by atoms with Crippen LogP contribution in [-0.2, 0) is 39.6 Å². The van der Waals surface area contributed by atoms with Crippen LogP contribution in [0.3, 0.4) is 0 Å². The standard InChI is InChI=1S/C52H86FN5O13/c1-15-41-52(10,65)45(59)33(6)57(12)27-29(2)24-50(8,64)47(31(4)43(32(5)49(63)70-41)40-25-51(9,67-14)46(60)34(7)69-40)71-42-23-38(22-30(3)68-42)56(11)21-20-37-28-58(55-54-37)39(26-53)44(66-13)35-16-18-36(19-17-35)48(61)62/h16-19,28-34,38-47,59-60,64-65H,15,20-27H2,1-14H3,(H,61,62)/t29-,30-,31+,32-,33-,34+,38+,39-,40-,41-,42+,43?,44-,45-,46+,47-,50-,51-,52-/m1/s1. The van der Waals surface area contributed by atoms with Gasteiger partial charge in [0, 0.05) is 70.8 Å². The van der Waals surface area contributed by atoms with Gasteiger partial charge in [0.05, 0.1) is 52.8 Å². The number of cyclic esters (lactones) is 1. The first-order valence-electron chi connectivity index (χ1n) is 25.5. The Labute approximate surface area is 420 Å². The number of carbonyl (C=O) groups is 2. The highest BCUT2D eigenvalue weighted by Gasteiger charge is 2.54. The smallest absolute Gasteiger partial charge is 0.335 e. The van der Waals surface area contributed by atoms with Gasteiger partial charge < -0.3 is 63.8 Å². The molecular weight excluding hydrogens is 922 g/mol. The molecule has 2 aromatic rings. The summed E-state index contributed by atoms with van der Waals surface area (Å²) < 4.78 is 54.3. The average Bonchev–Trinajstić information content (AvgIpc) is 3.79. The molecule has 18 nitrogen and oxygen atoms in total. The van der Waals surface area contributed by atoms with Gasteiger partial charge in [0.2, 0.25) is 0 Å². The normalized spacial score (nSPS) is 39.3. The number of carbonyl (C=O) groups excluding carboxylic acids is 1. The molecule has 0 spiro atoms. The minimum absolute atomic E-state index is 0.0260. The Bertz CT molecular complexity index is 2010. The number of ether oxygens (including phenoxy) is 6. The first kappa shape index (κ1) is 58.7. The van der Waals surface area contributed by atoms with E-state index < -0.39 is 114 Å². The van der Waals surface area contributed by atoms with E-state index in [0.717, 1.165) is 0 Å². The number of carboxylic acids is 1. The number of hydrogen-bond donors (Lipinski definition) is 5. The summed E-state index contributed by atoms with van der Waals surface area (Å²) in [5, 5.41) is 65.8. The molecule has 19 heteroatoms. The largest absolute Gasteiger partial charge is 0.478 e. The summed E-state index contributed by atoms with van der Waals surface area (Å²) in [4.78, 5) is 30.2. The van der Waals surface area contributed by atoms with E-state index in [1.165, 1.54) is 38.0 Å². The minimum Gasteiger partial charge on any atom is -0.478 e. The van der Waals surface area contributed by atoms with Crippen molar-refractivity contribution in [2.45, 2.75) is 198 Å². The van der Waals surface area contributed by atoms with Gasteiger partial charge in [-0.25, -0.2) is 13.9 Å². The number of rotatable bonds is 15. The zero-order valence-corrected chi connectivity index (χ0v) is 44.6. The fourth-order valence-electron chi connectivity index (χ4n) is 11.9. The number of carboxylic acid groups (broad SMARTS) is 1. The Kier molecular flexibility index (Phi) is 20.2. The van der Waals surface area contributed by atoms with Crippen molar-refractivity contribution in [1.29, 1.82) is 0 Å². The second-order valence-corrected chi connectivity index (χ2v) is 21.9. The molecule has 5 N–H and O–H groups in total. The van der Waals surface area contributed by atoms with Crippen LogP contribution in [0, 0.1) is 23.7 Å².